The number of amides is 2. The zero-order valence-electron chi connectivity index (χ0n) is 20.0. The monoisotopic (exact) mass is 476 g/mol. The molecule has 1 aliphatic heterocycles. The molecule has 2 amide bonds. The lowest BCUT2D eigenvalue weighted by molar-refractivity contribution is -0.140. The molecule has 7 nitrogen and oxygen atoms in total. The summed E-state index contributed by atoms with van der Waals surface area (Å²) in [5.41, 5.74) is 3.94. The summed E-state index contributed by atoms with van der Waals surface area (Å²) >= 11 is 0. The molecule has 2 aliphatic carbocycles. The number of carboxylic acids is 1. The first-order chi connectivity index (χ1) is 16.9. The summed E-state index contributed by atoms with van der Waals surface area (Å²) in [7, 11) is 0. The predicted octanol–water partition coefficient (Wildman–Crippen LogP) is 4.55. The van der Waals surface area contributed by atoms with Crippen LogP contribution >= 0.6 is 0 Å². The lowest BCUT2D eigenvalue weighted by Gasteiger charge is -2.33. The number of nitrogens with zero attached hydrogens (tertiary/aromatic N) is 1. The van der Waals surface area contributed by atoms with Gasteiger partial charge in [0.1, 0.15) is 6.61 Å². The van der Waals surface area contributed by atoms with E-state index in [1.165, 1.54) is 11.1 Å². The third-order valence-electron chi connectivity index (χ3n) is 7.84. The fourth-order valence-electron chi connectivity index (χ4n) is 5.87. The summed E-state index contributed by atoms with van der Waals surface area (Å²) in [6.45, 7) is 2.70. The van der Waals surface area contributed by atoms with Gasteiger partial charge in [0.25, 0.3) is 0 Å². The second-order valence-electron chi connectivity index (χ2n) is 10.3. The molecule has 2 N–H and O–H groups in total. The molecule has 184 valence electrons. The van der Waals surface area contributed by atoms with Crippen molar-refractivity contribution in [3.63, 3.8) is 0 Å². The van der Waals surface area contributed by atoms with Crippen LogP contribution in [0.3, 0.4) is 0 Å². The van der Waals surface area contributed by atoms with Gasteiger partial charge in [0.15, 0.2) is 0 Å². The van der Waals surface area contributed by atoms with E-state index in [9.17, 15) is 19.5 Å². The van der Waals surface area contributed by atoms with Crippen LogP contribution in [0.25, 0.3) is 11.1 Å². The van der Waals surface area contributed by atoms with Crippen LogP contribution in [0.15, 0.2) is 48.5 Å². The first kappa shape index (κ1) is 23.4. The molecule has 1 unspecified atom stereocenters. The molecule has 7 heteroatoms. The van der Waals surface area contributed by atoms with E-state index in [0.29, 0.717) is 13.0 Å². The average molecular weight is 477 g/mol. The molecule has 0 spiro atoms. The highest BCUT2D eigenvalue weighted by Crippen LogP contribution is 2.45. The van der Waals surface area contributed by atoms with Crippen LogP contribution in [-0.2, 0) is 14.3 Å². The fraction of sp³-hybridized carbons (Fsp3) is 0.464. The molecule has 1 saturated heterocycles. The number of alkyl carbamates (subject to hydrolysis) is 1. The Morgan fingerprint density at radius 1 is 1.03 bits per heavy atom. The number of hydrogen-bond donors (Lipinski definition) is 2. The highest BCUT2D eigenvalue weighted by Gasteiger charge is 2.46. The minimum Gasteiger partial charge on any atom is -0.481 e. The maximum atomic E-state index is 13.1. The SMILES string of the molecule is CC(CC(=O)N1CCC[C@@H]1CC(=O)O)(NC(=O)OCC1c2ccccc2-c2ccccc21)C1CC1. The quantitative estimate of drug-likeness (QED) is 0.583. The van der Waals surface area contributed by atoms with Crippen molar-refractivity contribution in [2.45, 2.75) is 62.9 Å². The molecule has 0 aromatic heterocycles. The number of benzene rings is 2. The smallest absolute Gasteiger partial charge is 0.407 e. The molecular weight excluding hydrogens is 444 g/mol. The number of nitrogens with one attached hydrogen (secondary N) is 1. The van der Waals surface area contributed by atoms with Gasteiger partial charge in [0, 0.05) is 18.5 Å². The van der Waals surface area contributed by atoms with Crippen molar-refractivity contribution in [2.75, 3.05) is 13.2 Å². The predicted molar refractivity (Wildman–Crippen MR) is 131 cm³/mol. The van der Waals surface area contributed by atoms with E-state index in [2.05, 4.69) is 29.6 Å². The van der Waals surface area contributed by atoms with Crippen molar-refractivity contribution in [3.05, 3.63) is 59.7 Å². The maximum absolute atomic E-state index is 13.1. The summed E-state index contributed by atoms with van der Waals surface area (Å²) in [6.07, 6.45) is 3.01. The largest absolute Gasteiger partial charge is 0.481 e. The number of aliphatic carboxylic acids is 1. The molecule has 2 fully saturated rings. The summed E-state index contributed by atoms with van der Waals surface area (Å²) in [5.74, 6) is -0.797. The lowest BCUT2D eigenvalue weighted by Crippen LogP contribution is -2.52. The zero-order chi connectivity index (χ0) is 24.6. The van der Waals surface area contributed by atoms with Crippen LogP contribution in [0.5, 0.6) is 0 Å². The fourth-order valence-corrected chi connectivity index (χ4v) is 5.87. The number of ether oxygens (including phenoxy) is 1. The van der Waals surface area contributed by atoms with Crippen molar-refractivity contribution in [3.8, 4) is 11.1 Å². The Bertz CT molecular complexity index is 1100. The molecule has 1 saturated carbocycles. The second-order valence-corrected chi connectivity index (χ2v) is 10.3. The first-order valence-corrected chi connectivity index (χ1v) is 12.5. The van der Waals surface area contributed by atoms with Crippen LogP contribution in [0.4, 0.5) is 4.79 Å². The number of carbonyl (C=O) groups excluding carboxylic acids is 2. The van der Waals surface area contributed by atoms with Crippen molar-refractivity contribution in [2.24, 2.45) is 5.92 Å². The summed E-state index contributed by atoms with van der Waals surface area (Å²) in [4.78, 5) is 39.0. The number of fused-ring (bicyclic) bond motifs is 3. The van der Waals surface area contributed by atoms with Gasteiger partial charge in [-0.3, -0.25) is 9.59 Å². The summed E-state index contributed by atoms with van der Waals surface area (Å²) < 4.78 is 5.74. The van der Waals surface area contributed by atoms with Crippen LogP contribution in [0.2, 0.25) is 0 Å². The van der Waals surface area contributed by atoms with E-state index in [4.69, 9.17) is 4.74 Å². The number of rotatable bonds is 8. The van der Waals surface area contributed by atoms with Crippen LogP contribution < -0.4 is 5.32 Å². The molecule has 0 bridgehead atoms. The highest BCUT2D eigenvalue weighted by atomic mass is 16.5. The van der Waals surface area contributed by atoms with Gasteiger partial charge < -0.3 is 20.1 Å². The van der Waals surface area contributed by atoms with Crippen LogP contribution in [-0.4, -0.2) is 52.7 Å². The Balaban J connectivity index is 1.24. The Morgan fingerprint density at radius 2 is 1.66 bits per heavy atom. The van der Waals surface area contributed by atoms with Crippen molar-refractivity contribution >= 4 is 18.0 Å². The van der Waals surface area contributed by atoms with Gasteiger partial charge >= 0.3 is 12.1 Å². The van der Waals surface area contributed by atoms with Crippen molar-refractivity contribution in [1.82, 2.24) is 10.2 Å². The van der Waals surface area contributed by atoms with E-state index in [0.717, 1.165) is 30.4 Å². The number of hydrogen-bond acceptors (Lipinski definition) is 4. The van der Waals surface area contributed by atoms with Gasteiger partial charge in [0.05, 0.1) is 18.4 Å². The van der Waals surface area contributed by atoms with Crippen molar-refractivity contribution < 1.29 is 24.2 Å². The van der Waals surface area contributed by atoms with Crippen LogP contribution in [0.1, 0.15) is 62.5 Å². The van der Waals surface area contributed by atoms with Crippen molar-refractivity contribution in [1.29, 1.82) is 0 Å². The number of likely N-dealkylation sites (tertiary alicyclic amines) is 1. The number of carbonyl (C=O) groups is 3. The highest BCUT2D eigenvalue weighted by molar-refractivity contribution is 5.81. The van der Waals surface area contributed by atoms with E-state index >= 15 is 0 Å². The zero-order valence-corrected chi connectivity index (χ0v) is 20.0. The summed E-state index contributed by atoms with van der Waals surface area (Å²) in [5, 5.41) is 12.2. The van der Waals surface area contributed by atoms with Gasteiger partial charge in [0.2, 0.25) is 5.91 Å². The molecule has 2 aromatic rings. The maximum Gasteiger partial charge on any atom is 0.407 e. The van der Waals surface area contributed by atoms with Gasteiger partial charge in [-0.2, -0.15) is 0 Å². The second kappa shape index (κ2) is 9.36. The molecule has 35 heavy (non-hydrogen) atoms. The molecular formula is C28H32N2O5. The van der Waals surface area contributed by atoms with Gasteiger partial charge in [-0.25, -0.2) is 4.79 Å². The minimum atomic E-state index is -0.892. The Labute approximate surface area is 205 Å². The molecule has 2 aromatic carbocycles. The molecule has 5 rings (SSSR count). The summed E-state index contributed by atoms with van der Waals surface area (Å²) in [6, 6.07) is 16.1. The normalized spacial score (nSPS) is 20.6. The minimum absolute atomic E-state index is 0.0247. The molecule has 0 radical (unpaired) electrons. The Hall–Kier alpha value is -3.35. The molecule has 2 atom stereocenters. The topological polar surface area (TPSA) is 95.9 Å². The Morgan fingerprint density at radius 3 is 2.26 bits per heavy atom. The lowest BCUT2D eigenvalue weighted by atomic mass is 9.91. The molecule has 1 heterocycles. The van der Waals surface area contributed by atoms with Gasteiger partial charge in [-0.05, 0) is 60.8 Å². The third-order valence-corrected chi connectivity index (χ3v) is 7.84. The van der Waals surface area contributed by atoms with E-state index in [1.807, 2.05) is 31.2 Å². The standard InChI is InChI=1S/C28H32N2O5/c1-28(18-12-13-18,16-25(31)30-14-6-7-19(30)15-26(32)33)29-27(34)35-17-24-22-10-4-2-8-20(22)21-9-3-5-11-23(21)24/h2-5,8-11,18-19,24H,6-7,12-17H2,1H3,(H,29,34)(H,32,33)/t19-,28?/m1/s1. The average Bonchev–Trinajstić information content (AvgIpc) is 3.52. The van der Waals surface area contributed by atoms with E-state index in [-0.39, 0.29) is 43.2 Å². The van der Waals surface area contributed by atoms with Gasteiger partial charge in [-0.1, -0.05) is 48.5 Å². The van der Waals surface area contributed by atoms with Crippen LogP contribution in [0, 0.1) is 5.92 Å². The number of carboxylic acid groups (broad SMARTS) is 1. The van der Waals surface area contributed by atoms with E-state index < -0.39 is 17.6 Å². The van der Waals surface area contributed by atoms with Gasteiger partial charge in [-0.15, -0.1) is 0 Å². The molecule has 3 aliphatic rings. The third kappa shape index (κ3) is 4.77. The van der Waals surface area contributed by atoms with E-state index in [1.54, 1.807) is 4.90 Å². The Kier molecular flexibility index (Phi) is 6.26. The first-order valence-electron chi connectivity index (χ1n) is 12.5.